The van der Waals surface area contributed by atoms with Crippen LogP contribution < -0.4 is 0 Å². The third-order valence-electron chi connectivity index (χ3n) is 4.80. The Morgan fingerprint density at radius 3 is 2.30 bits per heavy atom. The molecule has 1 aliphatic heterocycles. The highest BCUT2D eigenvalue weighted by Gasteiger charge is 2.32. The Morgan fingerprint density at radius 1 is 1.00 bits per heavy atom. The van der Waals surface area contributed by atoms with E-state index in [-0.39, 0.29) is 12.2 Å². The Hall–Kier alpha value is -0.590. The quantitative estimate of drug-likeness (QED) is 0.682. The topological polar surface area (TPSA) is 42.2 Å². The molecule has 1 heterocycles. The van der Waals surface area contributed by atoms with Crippen molar-refractivity contribution in [3.63, 3.8) is 0 Å². The predicted octanol–water partition coefficient (Wildman–Crippen LogP) is 4.28. The van der Waals surface area contributed by atoms with Gasteiger partial charge in [0, 0.05) is 17.8 Å². The molecule has 0 N–H and O–H groups in total. The van der Waals surface area contributed by atoms with E-state index in [0.717, 1.165) is 38.9 Å². The van der Waals surface area contributed by atoms with Gasteiger partial charge in [0.15, 0.2) is 6.29 Å². The molecule has 0 bridgehead atoms. The molecule has 0 aromatic carbocycles. The van der Waals surface area contributed by atoms with E-state index in [9.17, 15) is 0 Å². The van der Waals surface area contributed by atoms with Crippen LogP contribution in [0.1, 0.15) is 64.7 Å². The van der Waals surface area contributed by atoms with Crippen LogP contribution in [0.15, 0.2) is 0 Å². The Bertz CT molecular complexity index is 297. The third kappa shape index (κ3) is 4.75. The van der Waals surface area contributed by atoms with Crippen molar-refractivity contribution >= 4 is 0 Å². The maximum Gasteiger partial charge on any atom is 0.160 e. The molecule has 1 saturated heterocycles. The number of rotatable bonds is 6. The molecule has 0 spiro atoms. The van der Waals surface area contributed by atoms with Crippen LogP contribution in [0.5, 0.6) is 0 Å². The first-order valence-electron chi connectivity index (χ1n) is 8.46. The van der Waals surface area contributed by atoms with Gasteiger partial charge in [-0.2, -0.15) is 5.26 Å². The van der Waals surface area contributed by atoms with Gasteiger partial charge in [0.05, 0.1) is 19.3 Å². The van der Waals surface area contributed by atoms with Crippen molar-refractivity contribution in [3.8, 4) is 6.07 Å². The van der Waals surface area contributed by atoms with Crippen LogP contribution in [0.3, 0.4) is 0 Å². The molecular formula is C17H29NO2. The molecule has 0 amide bonds. The Morgan fingerprint density at radius 2 is 1.70 bits per heavy atom. The summed E-state index contributed by atoms with van der Waals surface area (Å²) in [5, 5.41) is 8.93. The van der Waals surface area contributed by atoms with E-state index in [1.54, 1.807) is 0 Å². The van der Waals surface area contributed by atoms with Gasteiger partial charge in [-0.05, 0) is 32.1 Å². The maximum atomic E-state index is 8.93. The summed E-state index contributed by atoms with van der Waals surface area (Å²) in [6, 6.07) is 2.39. The predicted molar refractivity (Wildman–Crippen MR) is 79.0 cm³/mol. The highest BCUT2D eigenvalue weighted by atomic mass is 16.7. The molecule has 1 aliphatic carbocycles. The van der Waals surface area contributed by atoms with Crippen molar-refractivity contribution in [2.45, 2.75) is 71.0 Å². The Kier molecular flexibility index (Phi) is 6.82. The molecule has 3 nitrogen and oxygen atoms in total. The first kappa shape index (κ1) is 15.8. The summed E-state index contributed by atoms with van der Waals surface area (Å²) >= 11 is 0. The van der Waals surface area contributed by atoms with E-state index < -0.39 is 0 Å². The average Bonchev–Trinajstić information content (AvgIpc) is 2.52. The number of nitrogens with zero attached hydrogens (tertiary/aromatic N) is 1. The fraction of sp³-hybridized carbons (Fsp3) is 0.941. The second kappa shape index (κ2) is 8.64. The summed E-state index contributed by atoms with van der Waals surface area (Å²) < 4.78 is 11.9. The van der Waals surface area contributed by atoms with Crippen LogP contribution in [0.2, 0.25) is 0 Å². The van der Waals surface area contributed by atoms with Crippen molar-refractivity contribution in [2.75, 3.05) is 13.2 Å². The second-order valence-electron chi connectivity index (χ2n) is 6.49. The fourth-order valence-corrected chi connectivity index (χ4v) is 3.38. The maximum absolute atomic E-state index is 8.93. The molecule has 0 aromatic heterocycles. The highest BCUT2D eigenvalue weighted by Crippen LogP contribution is 2.34. The van der Waals surface area contributed by atoms with Gasteiger partial charge < -0.3 is 9.47 Å². The largest absolute Gasteiger partial charge is 0.352 e. The molecule has 0 aromatic rings. The van der Waals surface area contributed by atoms with Crippen LogP contribution in [0.25, 0.3) is 0 Å². The zero-order valence-electron chi connectivity index (χ0n) is 12.9. The van der Waals surface area contributed by atoms with Crippen molar-refractivity contribution in [2.24, 2.45) is 17.8 Å². The summed E-state index contributed by atoms with van der Waals surface area (Å²) in [6.45, 7) is 3.99. The molecule has 0 atom stereocenters. The van der Waals surface area contributed by atoms with Gasteiger partial charge in [-0.15, -0.1) is 0 Å². The highest BCUT2D eigenvalue weighted by molar-refractivity contribution is 4.88. The number of ether oxygens (including phenoxy) is 2. The van der Waals surface area contributed by atoms with Crippen molar-refractivity contribution < 1.29 is 9.47 Å². The van der Waals surface area contributed by atoms with Crippen molar-refractivity contribution in [1.29, 1.82) is 5.26 Å². The van der Waals surface area contributed by atoms with Gasteiger partial charge in [0.1, 0.15) is 0 Å². The zero-order chi connectivity index (χ0) is 14.2. The molecule has 2 rings (SSSR count). The minimum absolute atomic E-state index is 0.00142. The average molecular weight is 279 g/mol. The van der Waals surface area contributed by atoms with E-state index in [2.05, 4.69) is 13.0 Å². The van der Waals surface area contributed by atoms with Gasteiger partial charge in [-0.25, -0.2) is 0 Å². The van der Waals surface area contributed by atoms with Gasteiger partial charge in [0.2, 0.25) is 0 Å². The summed E-state index contributed by atoms with van der Waals surface area (Å²) in [7, 11) is 0. The Labute approximate surface area is 123 Å². The summed E-state index contributed by atoms with van der Waals surface area (Å²) in [5.74, 6) is 1.38. The Balaban J connectivity index is 1.61. The van der Waals surface area contributed by atoms with E-state index >= 15 is 0 Å². The zero-order valence-corrected chi connectivity index (χ0v) is 12.9. The van der Waals surface area contributed by atoms with E-state index in [4.69, 9.17) is 14.7 Å². The lowest BCUT2D eigenvalue weighted by Crippen LogP contribution is -2.38. The number of unbranched alkanes of at least 4 members (excludes halogenated alkanes) is 3. The lowest BCUT2D eigenvalue weighted by Gasteiger charge is -2.36. The number of nitriles is 1. The van der Waals surface area contributed by atoms with Gasteiger partial charge in [-0.3, -0.25) is 0 Å². The monoisotopic (exact) mass is 279 g/mol. The molecule has 3 heteroatoms. The fourth-order valence-electron chi connectivity index (χ4n) is 3.38. The number of hydrogen-bond donors (Lipinski definition) is 0. The van der Waals surface area contributed by atoms with Gasteiger partial charge >= 0.3 is 0 Å². The lowest BCUT2D eigenvalue weighted by molar-refractivity contribution is -0.229. The first-order chi connectivity index (χ1) is 9.83. The first-order valence-corrected chi connectivity index (χ1v) is 8.46. The molecule has 1 saturated carbocycles. The van der Waals surface area contributed by atoms with Crippen molar-refractivity contribution in [3.05, 3.63) is 0 Å². The van der Waals surface area contributed by atoms with E-state index in [0.29, 0.717) is 11.8 Å². The normalized spacial score (nSPS) is 34.6. The van der Waals surface area contributed by atoms with Crippen LogP contribution >= 0.6 is 0 Å². The molecule has 0 unspecified atom stereocenters. The molecule has 2 fully saturated rings. The minimum Gasteiger partial charge on any atom is -0.352 e. The summed E-state index contributed by atoms with van der Waals surface area (Å²) in [5.41, 5.74) is 0. The van der Waals surface area contributed by atoms with Crippen molar-refractivity contribution in [1.82, 2.24) is 0 Å². The van der Waals surface area contributed by atoms with Gasteiger partial charge in [0.25, 0.3) is 0 Å². The van der Waals surface area contributed by atoms with Crippen LogP contribution in [0.4, 0.5) is 0 Å². The van der Waals surface area contributed by atoms with Crippen LogP contribution in [-0.4, -0.2) is 19.5 Å². The van der Waals surface area contributed by atoms with Gasteiger partial charge in [-0.1, -0.05) is 32.6 Å². The SMILES string of the molecule is CCCCCC[C@H]1CO[C@H]([C@H]2CC[C@H](C#N)CC2)OC1. The summed E-state index contributed by atoms with van der Waals surface area (Å²) in [4.78, 5) is 0. The van der Waals surface area contributed by atoms with Crippen LogP contribution in [-0.2, 0) is 9.47 Å². The molecular weight excluding hydrogens is 250 g/mol. The minimum atomic E-state index is 0.00142. The smallest absolute Gasteiger partial charge is 0.160 e. The standard InChI is InChI=1S/C17H29NO2/c1-2-3-4-5-6-15-12-19-17(20-13-15)16-9-7-14(11-18)8-10-16/h14-17H,2-10,12-13H2,1H3/t14-,15-,16-,17-. The van der Waals surface area contributed by atoms with Crippen LogP contribution in [0, 0.1) is 29.1 Å². The molecule has 2 aliphatic rings. The molecule has 114 valence electrons. The molecule has 20 heavy (non-hydrogen) atoms. The second-order valence-corrected chi connectivity index (χ2v) is 6.49. The summed E-state index contributed by atoms with van der Waals surface area (Å²) in [6.07, 6.45) is 10.8. The third-order valence-corrected chi connectivity index (χ3v) is 4.80. The lowest BCUT2D eigenvalue weighted by atomic mass is 9.82. The molecule has 0 radical (unpaired) electrons. The van der Waals surface area contributed by atoms with E-state index in [1.165, 1.54) is 32.1 Å². The van der Waals surface area contributed by atoms with E-state index in [1.807, 2.05) is 0 Å². The number of hydrogen-bond acceptors (Lipinski definition) is 3.